The number of fused-ring (bicyclic) bond motifs is 3. The Bertz CT molecular complexity index is 223. The molecule has 3 nitrogen and oxygen atoms in total. The van der Waals surface area contributed by atoms with Crippen molar-refractivity contribution in [1.82, 2.24) is 0 Å². The highest BCUT2D eigenvalue weighted by atomic mass is 16.4. The van der Waals surface area contributed by atoms with Gasteiger partial charge in [0.2, 0.25) is 0 Å². The van der Waals surface area contributed by atoms with E-state index in [-0.39, 0.29) is 5.41 Å². The Morgan fingerprint density at radius 2 is 1.62 bits per heavy atom. The predicted molar refractivity (Wildman–Crippen MR) is 51.7 cm³/mol. The molecule has 0 aliphatic heterocycles. The molecule has 3 heteroatoms. The Morgan fingerprint density at radius 3 is 2.00 bits per heavy atom. The first kappa shape index (κ1) is 8.85. The molecular formula is C10H18N2O. The molecule has 0 saturated heterocycles. The second-order valence-corrected chi connectivity index (χ2v) is 5.08. The van der Waals surface area contributed by atoms with Crippen LogP contribution in [0.1, 0.15) is 45.4 Å². The van der Waals surface area contributed by atoms with Crippen LogP contribution in [-0.4, -0.2) is 11.0 Å². The molecule has 0 aromatic rings. The fourth-order valence-electron chi connectivity index (χ4n) is 2.86. The smallest absolute Gasteiger partial charge is 0.145 e. The van der Waals surface area contributed by atoms with Crippen LogP contribution < -0.4 is 5.73 Å². The zero-order valence-electron chi connectivity index (χ0n) is 8.21. The number of oxime groups is 1. The van der Waals surface area contributed by atoms with E-state index in [1.165, 1.54) is 19.3 Å². The fraction of sp³-hybridized carbons (Fsp3) is 0.900. The highest BCUT2D eigenvalue weighted by molar-refractivity contribution is 5.86. The van der Waals surface area contributed by atoms with Crippen molar-refractivity contribution in [2.24, 2.45) is 21.7 Å². The normalized spacial score (nSPS) is 45.2. The average Bonchev–Trinajstić information content (AvgIpc) is 2.18. The first-order valence-corrected chi connectivity index (χ1v) is 5.08. The highest BCUT2D eigenvalue weighted by Crippen LogP contribution is 2.56. The number of nitrogens with zero attached hydrogens (tertiary/aromatic N) is 1. The highest BCUT2D eigenvalue weighted by Gasteiger charge is 2.48. The molecule has 0 atom stereocenters. The van der Waals surface area contributed by atoms with Crippen molar-refractivity contribution < 1.29 is 5.21 Å². The van der Waals surface area contributed by atoms with Gasteiger partial charge in [-0.15, -0.1) is 0 Å². The van der Waals surface area contributed by atoms with Crippen molar-refractivity contribution in [2.75, 3.05) is 0 Å². The first-order valence-electron chi connectivity index (χ1n) is 5.08. The molecule has 3 rings (SSSR count). The summed E-state index contributed by atoms with van der Waals surface area (Å²) >= 11 is 0. The molecular weight excluding hydrogens is 164 g/mol. The average molecular weight is 182 g/mol. The number of hydrogen-bond donors (Lipinski definition) is 2. The lowest BCUT2D eigenvalue weighted by atomic mass is 9.54. The number of rotatable bonds is 1. The zero-order chi connectivity index (χ0) is 9.53. The summed E-state index contributed by atoms with van der Waals surface area (Å²) in [5.74, 6) is 0.467. The van der Waals surface area contributed by atoms with Crippen molar-refractivity contribution in [2.45, 2.75) is 45.4 Å². The van der Waals surface area contributed by atoms with Crippen LogP contribution in [0.2, 0.25) is 0 Å². The Balaban J connectivity index is 2.20. The SMILES string of the molecule is CC12CCC(/C(N)=N/O)(CC1)CC2. The van der Waals surface area contributed by atoms with E-state index in [2.05, 4.69) is 12.1 Å². The minimum absolute atomic E-state index is 0.0481. The molecule has 13 heavy (non-hydrogen) atoms. The lowest BCUT2D eigenvalue weighted by Crippen LogP contribution is -2.47. The van der Waals surface area contributed by atoms with Gasteiger partial charge in [0.25, 0.3) is 0 Å². The van der Waals surface area contributed by atoms with E-state index >= 15 is 0 Å². The van der Waals surface area contributed by atoms with Gasteiger partial charge in [-0.2, -0.15) is 0 Å². The topological polar surface area (TPSA) is 58.6 Å². The minimum atomic E-state index is 0.0481. The summed E-state index contributed by atoms with van der Waals surface area (Å²) in [6.45, 7) is 2.36. The molecule has 3 saturated carbocycles. The molecule has 2 bridgehead atoms. The van der Waals surface area contributed by atoms with E-state index in [9.17, 15) is 0 Å². The fourth-order valence-corrected chi connectivity index (χ4v) is 2.86. The van der Waals surface area contributed by atoms with Crippen molar-refractivity contribution >= 4 is 5.84 Å². The van der Waals surface area contributed by atoms with Crippen molar-refractivity contribution in [3.63, 3.8) is 0 Å². The minimum Gasteiger partial charge on any atom is -0.409 e. The molecule has 3 aliphatic carbocycles. The van der Waals surface area contributed by atoms with E-state index in [1.807, 2.05) is 0 Å². The summed E-state index contributed by atoms with van der Waals surface area (Å²) in [5, 5.41) is 11.9. The predicted octanol–water partition coefficient (Wildman–Crippen LogP) is 2.09. The van der Waals surface area contributed by atoms with E-state index < -0.39 is 0 Å². The van der Waals surface area contributed by atoms with Crippen molar-refractivity contribution in [3.8, 4) is 0 Å². The second-order valence-electron chi connectivity index (χ2n) is 5.08. The largest absolute Gasteiger partial charge is 0.409 e. The molecule has 3 aliphatic rings. The summed E-state index contributed by atoms with van der Waals surface area (Å²) in [5.41, 5.74) is 6.36. The Hall–Kier alpha value is -0.730. The molecule has 0 aromatic heterocycles. The molecule has 0 heterocycles. The van der Waals surface area contributed by atoms with Crippen molar-refractivity contribution in [1.29, 1.82) is 0 Å². The van der Waals surface area contributed by atoms with Crippen LogP contribution in [0.3, 0.4) is 0 Å². The van der Waals surface area contributed by atoms with Crippen LogP contribution >= 0.6 is 0 Å². The molecule has 0 spiro atoms. The maximum absolute atomic E-state index is 8.73. The number of amidine groups is 1. The van der Waals surface area contributed by atoms with Gasteiger partial charge >= 0.3 is 0 Å². The number of hydrogen-bond acceptors (Lipinski definition) is 2. The third-order valence-electron chi connectivity index (χ3n) is 4.27. The monoisotopic (exact) mass is 182 g/mol. The maximum atomic E-state index is 8.73. The van der Waals surface area contributed by atoms with Crippen LogP contribution in [0, 0.1) is 10.8 Å². The lowest BCUT2D eigenvalue weighted by molar-refractivity contribution is 0.0458. The van der Waals surface area contributed by atoms with Gasteiger partial charge in [0.05, 0.1) is 0 Å². The van der Waals surface area contributed by atoms with Crippen LogP contribution in [-0.2, 0) is 0 Å². The molecule has 74 valence electrons. The standard InChI is InChI=1S/C10H18N2O/c1-9-2-5-10(6-3-9,7-4-9)8(11)12-13/h13H,2-7H2,1H3,(H2,11,12). The van der Waals surface area contributed by atoms with Gasteiger partial charge in [0.15, 0.2) is 0 Å². The van der Waals surface area contributed by atoms with Gasteiger partial charge < -0.3 is 10.9 Å². The lowest BCUT2D eigenvalue weighted by Gasteiger charge is -2.51. The van der Waals surface area contributed by atoms with Gasteiger partial charge in [-0.1, -0.05) is 12.1 Å². The summed E-state index contributed by atoms with van der Waals surface area (Å²) in [6.07, 6.45) is 7.05. The van der Waals surface area contributed by atoms with Crippen molar-refractivity contribution in [3.05, 3.63) is 0 Å². The first-order chi connectivity index (χ1) is 6.10. The third-order valence-corrected chi connectivity index (χ3v) is 4.27. The molecule has 3 fully saturated rings. The van der Waals surface area contributed by atoms with Gasteiger partial charge in [-0.3, -0.25) is 0 Å². The quantitative estimate of drug-likeness (QED) is 0.282. The maximum Gasteiger partial charge on any atom is 0.145 e. The van der Waals surface area contributed by atoms with Crippen LogP contribution in [0.5, 0.6) is 0 Å². The van der Waals surface area contributed by atoms with Crippen LogP contribution in [0.15, 0.2) is 5.16 Å². The van der Waals surface area contributed by atoms with E-state index in [1.54, 1.807) is 0 Å². The van der Waals surface area contributed by atoms with Gasteiger partial charge in [0.1, 0.15) is 5.84 Å². The second kappa shape index (κ2) is 2.63. The van der Waals surface area contributed by atoms with Gasteiger partial charge in [-0.25, -0.2) is 0 Å². The molecule has 0 aromatic carbocycles. The molecule has 0 radical (unpaired) electrons. The van der Waals surface area contributed by atoms with Gasteiger partial charge in [-0.05, 0) is 43.9 Å². The van der Waals surface area contributed by atoms with E-state index in [0.717, 1.165) is 19.3 Å². The summed E-state index contributed by atoms with van der Waals surface area (Å²) in [4.78, 5) is 0. The third kappa shape index (κ3) is 1.21. The number of nitrogens with two attached hydrogens (primary N) is 1. The molecule has 3 N–H and O–H groups in total. The molecule has 0 unspecified atom stereocenters. The van der Waals surface area contributed by atoms with E-state index in [4.69, 9.17) is 10.9 Å². The Kier molecular flexibility index (Phi) is 1.79. The Labute approximate surface area is 79.0 Å². The van der Waals surface area contributed by atoms with E-state index in [0.29, 0.717) is 11.3 Å². The van der Waals surface area contributed by atoms with Gasteiger partial charge in [0, 0.05) is 5.41 Å². The van der Waals surface area contributed by atoms with Crippen LogP contribution in [0.4, 0.5) is 0 Å². The zero-order valence-corrected chi connectivity index (χ0v) is 8.21. The molecule has 0 amide bonds. The summed E-state index contributed by atoms with van der Waals surface area (Å²) in [7, 11) is 0. The summed E-state index contributed by atoms with van der Waals surface area (Å²) < 4.78 is 0. The summed E-state index contributed by atoms with van der Waals surface area (Å²) in [6, 6.07) is 0. The van der Waals surface area contributed by atoms with Crippen LogP contribution in [0.25, 0.3) is 0 Å². The Morgan fingerprint density at radius 1 is 1.15 bits per heavy atom.